The van der Waals surface area contributed by atoms with Gasteiger partial charge in [0.05, 0.1) is 7.11 Å². The van der Waals surface area contributed by atoms with Gasteiger partial charge in [0.2, 0.25) is 0 Å². The standard InChI is InChI=1S/C20H25N3O5/c1-22-12-9-21-17(22)13-28-16-5-3-15(4-6-16)19(25)23-10-7-14(8-11-23)18(24)20(26)27-2/h3-6,9,12,14,18,24H,7-8,10-11,13H2,1-2H3. The van der Waals surface area contributed by atoms with E-state index in [1.165, 1.54) is 7.11 Å². The molecule has 3 rings (SSSR count). The number of aliphatic hydroxyl groups excluding tert-OH is 1. The maximum atomic E-state index is 12.7. The van der Waals surface area contributed by atoms with Crippen LogP contribution in [0.25, 0.3) is 0 Å². The normalized spacial score (nSPS) is 15.9. The summed E-state index contributed by atoms with van der Waals surface area (Å²) < 4.78 is 12.2. The van der Waals surface area contributed by atoms with Gasteiger partial charge in [0.1, 0.15) is 18.2 Å². The highest BCUT2D eigenvalue weighted by Crippen LogP contribution is 2.23. The van der Waals surface area contributed by atoms with E-state index >= 15 is 0 Å². The van der Waals surface area contributed by atoms with Crippen LogP contribution in [-0.4, -0.2) is 57.7 Å². The van der Waals surface area contributed by atoms with Gasteiger partial charge < -0.3 is 24.0 Å². The Morgan fingerprint density at radius 2 is 1.93 bits per heavy atom. The summed E-state index contributed by atoms with van der Waals surface area (Å²) in [6.45, 7) is 1.34. The summed E-state index contributed by atoms with van der Waals surface area (Å²) in [4.78, 5) is 30.1. The lowest BCUT2D eigenvalue weighted by Crippen LogP contribution is -2.43. The van der Waals surface area contributed by atoms with Crippen LogP contribution in [0.3, 0.4) is 0 Å². The Morgan fingerprint density at radius 3 is 2.50 bits per heavy atom. The molecule has 8 nitrogen and oxygen atoms in total. The molecule has 1 aliphatic heterocycles. The molecule has 1 aromatic heterocycles. The third-order valence-electron chi connectivity index (χ3n) is 5.11. The van der Waals surface area contributed by atoms with Crippen LogP contribution in [0, 0.1) is 5.92 Å². The predicted octanol–water partition coefficient (Wildman–Crippen LogP) is 1.39. The number of aromatic nitrogens is 2. The smallest absolute Gasteiger partial charge is 0.334 e. The van der Waals surface area contributed by atoms with Crippen LogP contribution >= 0.6 is 0 Å². The fraction of sp³-hybridized carbons (Fsp3) is 0.450. The predicted molar refractivity (Wildman–Crippen MR) is 101 cm³/mol. The molecule has 8 heteroatoms. The van der Waals surface area contributed by atoms with Gasteiger partial charge in [-0.3, -0.25) is 4.79 Å². The van der Waals surface area contributed by atoms with Crippen LogP contribution < -0.4 is 4.74 Å². The highest BCUT2D eigenvalue weighted by Gasteiger charge is 2.32. The molecular formula is C20H25N3O5. The molecule has 150 valence electrons. The summed E-state index contributed by atoms with van der Waals surface area (Å²) in [5.41, 5.74) is 0.580. The van der Waals surface area contributed by atoms with E-state index < -0.39 is 12.1 Å². The molecule has 0 radical (unpaired) electrons. The third-order valence-corrected chi connectivity index (χ3v) is 5.11. The molecule has 1 aromatic carbocycles. The largest absolute Gasteiger partial charge is 0.486 e. The molecular weight excluding hydrogens is 362 g/mol. The molecule has 1 saturated heterocycles. The number of hydrogen-bond donors (Lipinski definition) is 1. The average molecular weight is 387 g/mol. The zero-order valence-corrected chi connectivity index (χ0v) is 16.1. The van der Waals surface area contributed by atoms with E-state index in [4.69, 9.17) is 4.74 Å². The minimum absolute atomic E-state index is 0.0679. The van der Waals surface area contributed by atoms with Gasteiger partial charge in [0.25, 0.3) is 5.91 Å². The van der Waals surface area contributed by atoms with Crippen LogP contribution in [0.1, 0.15) is 29.0 Å². The van der Waals surface area contributed by atoms with Crippen LogP contribution in [0.4, 0.5) is 0 Å². The number of likely N-dealkylation sites (tertiary alicyclic amines) is 1. The van der Waals surface area contributed by atoms with E-state index in [2.05, 4.69) is 9.72 Å². The van der Waals surface area contributed by atoms with E-state index in [-0.39, 0.29) is 11.8 Å². The number of rotatable bonds is 6. The number of carbonyl (C=O) groups is 2. The first-order valence-corrected chi connectivity index (χ1v) is 9.24. The summed E-state index contributed by atoms with van der Waals surface area (Å²) >= 11 is 0. The van der Waals surface area contributed by atoms with Gasteiger partial charge in [-0.05, 0) is 43.0 Å². The maximum Gasteiger partial charge on any atom is 0.334 e. The van der Waals surface area contributed by atoms with E-state index in [0.717, 1.165) is 5.82 Å². The molecule has 1 amide bonds. The number of ether oxygens (including phenoxy) is 2. The number of aliphatic hydroxyl groups is 1. The number of methoxy groups -OCH3 is 1. The zero-order valence-electron chi connectivity index (χ0n) is 16.1. The summed E-state index contributed by atoms with van der Waals surface area (Å²) in [6.07, 6.45) is 3.57. The monoisotopic (exact) mass is 387 g/mol. The Bertz CT molecular complexity index is 810. The number of piperidine rings is 1. The second-order valence-corrected chi connectivity index (χ2v) is 6.87. The molecule has 0 spiro atoms. The minimum Gasteiger partial charge on any atom is -0.486 e. The number of hydrogen-bond acceptors (Lipinski definition) is 6. The van der Waals surface area contributed by atoms with E-state index in [9.17, 15) is 14.7 Å². The van der Waals surface area contributed by atoms with Gasteiger partial charge in [-0.2, -0.15) is 0 Å². The molecule has 1 unspecified atom stereocenters. The molecule has 1 N–H and O–H groups in total. The third kappa shape index (κ3) is 4.51. The Morgan fingerprint density at radius 1 is 1.25 bits per heavy atom. The Kier molecular flexibility index (Phi) is 6.30. The summed E-state index contributed by atoms with van der Waals surface area (Å²) in [5, 5.41) is 9.95. The van der Waals surface area contributed by atoms with Crippen LogP contribution in [0.5, 0.6) is 5.75 Å². The first kappa shape index (κ1) is 19.9. The number of nitrogens with zero attached hydrogens (tertiary/aromatic N) is 3. The number of amides is 1. The van der Waals surface area contributed by atoms with Crippen LogP contribution in [-0.2, 0) is 23.2 Å². The summed E-state index contributed by atoms with van der Waals surface area (Å²) in [7, 11) is 3.16. The van der Waals surface area contributed by atoms with Gasteiger partial charge in [-0.1, -0.05) is 0 Å². The van der Waals surface area contributed by atoms with E-state index in [0.29, 0.717) is 43.9 Å². The molecule has 0 aliphatic carbocycles. The molecule has 28 heavy (non-hydrogen) atoms. The molecule has 0 bridgehead atoms. The van der Waals surface area contributed by atoms with Crippen molar-refractivity contribution in [2.24, 2.45) is 13.0 Å². The Hall–Kier alpha value is -2.87. The number of benzene rings is 1. The van der Waals surface area contributed by atoms with E-state index in [1.807, 2.05) is 17.8 Å². The minimum atomic E-state index is -1.13. The molecule has 1 atom stereocenters. The van der Waals surface area contributed by atoms with Crippen LogP contribution in [0.15, 0.2) is 36.7 Å². The lowest BCUT2D eigenvalue weighted by Gasteiger charge is -2.33. The van der Waals surface area contributed by atoms with Gasteiger partial charge >= 0.3 is 5.97 Å². The highest BCUT2D eigenvalue weighted by atomic mass is 16.5. The molecule has 1 fully saturated rings. The number of esters is 1. The SMILES string of the molecule is COC(=O)C(O)C1CCN(C(=O)c2ccc(OCc3nccn3C)cc2)CC1. The lowest BCUT2D eigenvalue weighted by molar-refractivity contribution is -0.154. The van der Waals surface area contributed by atoms with Crippen LogP contribution in [0.2, 0.25) is 0 Å². The van der Waals surface area contributed by atoms with Crippen molar-refractivity contribution in [2.75, 3.05) is 20.2 Å². The van der Waals surface area contributed by atoms with Crippen molar-refractivity contribution in [1.29, 1.82) is 0 Å². The number of carbonyl (C=O) groups excluding carboxylic acids is 2. The van der Waals surface area contributed by atoms with Crippen molar-refractivity contribution in [2.45, 2.75) is 25.6 Å². The van der Waals surface area contributed by atoms with Gasteiger partial charge in [0, 0.05) is 38.1 Å². The topological polar surface area (TPSA) is 93.9 Å². The molecule has 2 aromatic rings. The number of aryl methyl sites for hydroxylation is 1. The van der Waals surface area contributed by atoms with Crippen molar-refractivity contribution in [3.63, 3.8) is 0 Å². The van der Waals surface area contributed by atoms with Crippen molar-refractivity contribution >= 4 is 11.9 Å². The average Bonchev–Trinajstić information content (AvgIpc) is 3.15. The van der Waals surface area contributed by atoms with Crippen molar-refractivity contribution in [3.05, 3.63) is 48.0 Å². The Balaban J connectivity index is 1.52. The summed E-state index contributed by atoms with van der Waals surface area (Å²) in [6, 6.07) is 7.02. The van der Waals surface area contributed by atoms with E-state index in [1.54, 1.807) is 35.4 Å². The Labute approximate surface area is 163 Å². The maximum absolute atomic E-state index is 12.7. The summed E-state index contributed by atoms with van der Waals surface area (Å²) in [5.74, 6) is 0.614. The second kappa shape index (κ2) is 8.88. The van der Waals surface area contributed by atoms with Crippen molar-refractivity contribution in [3.8, 4) is 5.75 Å². The molecule has 0 saturated carbocycles. The zero-order chi connectivity index (χ0) is 20.1. The fourth-order valence-electron chi connectivity index (χ4n) is 3.29. The van der Waals surface area contributed by atoms with Gasteiger partial charge in [-0.25, -0.2) is 9.78 Å². The fourth-order valence-corrected chi connectivity index (χ4v) is 3.29. The molecule has 1 aliphatic rings. The quantitative estimate of drug-likeness (QED) is 0.753. The first-order chi connectivity index (χ1) is 13.5. The van der Waals surface area contributed by atoms with Crippen molar-refractivity contribution < 1.29 is 24.2 Å². The van der Waals surface area contributed by atoms with Gasteiger partial charge in [-0.15, -0.1) is 0 Å². The molecule has 2 heterocycles. The number of imidazole rings is 1. The second-order valence-electron chi connectivity index (χ2n) is 6.87. The van der Waals surface area contributed by atoms with Gasteiger partial charge in [0.15, 0.2) is 6.10 Å². The lowest BCUT2D eigenvalue weighted by atomic mass is 9.91. The first-order valence-electron chi connectivity index (χ1n) is 9.24. The highest BCUT2D eigenvalue weighted by molar-refractivity contribution is 5.94. The van der Waals surface area contributed by atoms with Crippen molar-refractivity contribution in [1.82, 2.24) is 14.5 Å².